The Kier molecular flexibility index (Phi) is 4.09. The number of thiazole rings is 1. The Morgan fingerprint density at radius 3 is 2.48 bits per heavy atom. The van der Waals surface area contributed by atoms with Gasteiger partial charge in [0, 0.05) is 16.4 Å². The van der Waals surface area contributed by atoms with E-state index in [1.807, 2.05) is 29.6 Å². The van der Waals surface area contributed by atoms with Crippen LogP contribution in [0.2, 0.25) is 0 Å². The number of ether oxygens (including phenoxy) is 1. The molecule has 1 N–H and O–H groups in total. The fourth-order valence-corrected chi connectivity index (χ4v) is 3.50. The Balaban J connectivity index is 1.96. The molecule has 1 heterocycles. The molecule has 0 radical (unpaired) electrons. The Labute approximate surface area is 140 Å². The van der Waals surface area contributed by atoms with Crippen LogP contribution in [-0.4, -0.2) is 17.2 Å². The highest BCUT2D eigenvalue weighted by atomic mass is 32.1. The van der Waals surface area contributed by atoms with Crippen molar-refractivity contribution >= 4 is 11.3 Å². The summed E-state index contributed by atoms with van der Waals surface area (Å²) in [5, 5.41) is 13.0. The first-order chi connectivity index (χ1) is 11.0. The third-order valence-corrected chi connectivity index (χ3v) is 5.17. The largest absolute Gasteiger partial charge is 0.504 e. The Hall–Kier alpha value is -2.33. The number of phenols is 1. The topological polar surface area (TPSA) is 42.4 Å². The van der Waals surface area contributed by atoms with Crippen molar-refractivity contribution in [2.75, 3.05) is 7.11 Å². The van der Waals surface area contributed by atoms with E-state index in [0.29, 0.717) is 5.75 Å². The molecule has 3 aromatic rings. The molecule has 0 aliphatic heterocycles. The average molecular weight is 325 g/mol. The molecule has 0 fully saturated rings. The number of aromatic nitrogens is 1. The highest BCUT2D eigenvalue weighted by Gasteiger charge is 2.26. The normalized spacial score (nSPS) is 11.4. The summed E-state index contributed by atoms with van der Waals surface area (Å²) in [6.45, 7) is 4.35. The van der Waals surface area contributed by atoms with E-state index < -0.39 is 0 Å². The summed E-state index contributed by atoms with van der Waals surface area (Å²) in [6, 6.07) is 15.7. The molecule has 1 aromatic heterocycles. The number of rotatable bonds is 4. The maximum atomic E-state index is 9.95. The van der Waals surface area contributed by atoms with Gasteiger partial charge in [0.25, 0.3) is 0 Å². The lowest BCUT2D eigenvalue weighted by molar-refractivity contribution is 0.373. The summed E-state index contributed by atoms with van der Waals surface area (Å²) < 4.78 is 5.09. The van der Waals surface area contributed by atoms with Gasteiger partial charge in [0.05, 0.1) is 12.8 Å². The lowest BCUT2D eigenvalue weighted by Gasteiger charge is -2.22. The van der Waals surface area contributed by atoms with Crippen molar-refractivity contribution in [1.29, 1.82) is 0 Å². The number of phenolic OH excluding ortho intramolecular Hbond substituents is 1. The van der Waals surface area contributed by atoms with E-state index in [1.165, 1.54) is 12.7 Å². The number of hydrogen-bond donors (Lipinski definition) is 1. The van der Waals surface area contributed by atoms with Crippen LogP contribution in [0.1, 0.15) is 24.4 Å². The van der Waals surface area contributed by atoms with Crippen molar-refractivity contribution in [3.8, 4) is 22.8 Å². The number of methoxy groups -OCH3 is 1. The molecule has 118 valence electrons. The molecule has 0 saturated carbocycles. The summed E-state index contributed by atoms with van der Waals surface area (Å²) in [4.78, 5) is 4.79. The summed E-state index contributed by atoms with van der Waals surface area (Å²) in [5.74, 6) is 0.593. The van der Waals surface area contributed by atoms with Crippen molar-refractivity contribution in [3.05, 3.63) is 64.5 Å². The zero-order valence-corrected chi connectivity index (χ0v) is 14.2. The van der Waals surface area contributed by atoms with E-state index in [2.05, 4.69) is 26.0 Å². The van der Waals surface area contributed by atoms with Gasteiger partial charge in [0.15, 0.2) is 11.5 Å². The van der Waals surface area contributed by atoms with Crippen LogP contribution in [0, 0.1) is 0 Å². The highest BCUT2D eigenvalue weighted by Crippen LogP contribution is 2.37. The number of hydrogen-bond acceptors (Lipinski definition) is 4. The second-order valence-electron chi connectivity index (χ2n) is 5.92. The van der Waals surface area contributed by atoms with Gasteiger partial charge in [-0.05, 0) is 37.6 Å². The molecule has 0 spiro atoms. The van der Waals surface area contributed by atoms with Crippen molar-refractivity contribution in [2.45, 2.75) is 19.3 Å². The first kappa shape index (κ1) is 15.6. The molecule has 0 atom stereocenters. The van der Waals surface area contributed by atoms with Crippen molar-refractivity contribution in [1.82, 2.24) is 4.98 Å². The smallest absolute Gasteiger partial charge is 0.160 e. The number of aromatic hydroxyl groups is 1. The maximum Gasteiger partial charge on any atom is 0.160 e. The minimum atomic E-state index is -0.154. The van der Waals surface area contributed by atoms with E-state index in [0.717, 1.165) is 16.3 Å². The summed E-state index contributed by atoms with van der Waals surface area (Å²) in [5.41, 5.74) is 2.83. The second kappa shape index (κ2) is 6.05. The van der Waals surface area contributed by atoms with Crippen LogP contribution in [-0.2, 0) is 5.41 Å². The summed E-state index contributed by atoms with van der Waals surface area (Å²) in [6.07, 6.45) is 0. The average Bonchev–Trinajstić information content (AvgIpc) is 3.06. The molecule has 0 saturated heterocycles. The van der Waals surface area contributed by atoms with E-state index in [4.69, 9.17) is 9.72 Å². The van der Waals surface area contributed by atoms with Gasteiger partial charge >= 0.3 is 0 Å². The fraction of sp³-hybridized carbons (Fsp3) is 0.211. The first-order valence-corrected chi connectivity index (χ1v) is 8.29. The molecular weight excluding hydrogens is 306 g/mol. The lowest BCUT2D eigenvalue weighted by atomic mass is 9.85. The van der Waals surface area contributed by atoms with Crippen molar-refractivity contribution in [2.24, 2.45) is 0 Å². The van der Waals surface area contributed by atoms with Crippen LogP contribution in [0.3, 0.4) is 0 Å². The SMILES string of the molecule is COc1ccc(-c2csc(C(C)(C)c3ccccc3)n2)cc1O. The lowest BCUT2D eigenvalue weighted by Crippen LogP contribution is -2.18. The highest BCUT2D eigenvalue weighted by molar-refractivity contribution is 7.10. The molecule has 0 aliphatic carbocycles. The third-order valence-electron chi connectivity index (χ3n) is 4.01. The molecule has 3 rings (SSSR count). The van der Waals surface area contributed by atoms with Crippen LogP contribution in [0.15, 0.2) is 53.9 Å². The molecule has 0 unspecified atom stereocenters. The Bertz CT molecular complexity index is 809. The minimum absolute atomic E-state index is 0.127. The first-order valence-electron chi connectivity index (χ1n) is 7.41. The molecule has 0 bridgehead atoms. The van der Waals surface area contributed by atoms with Gasteiger partial charge in [0.1, 0.15) is 5.01 Å². The predicted molar refractivity (Wildman–Crippen MR) is 94.3 cm³/mol. The van der Waals surface area contributed by atoms with Crippen LogP contribution < -0.4 is 4.74 Å². The number of nitrogens with zero attached hydrogens (tertiary/aromatic N) is 1. The maximum absolute atomic E-state index is 9.95. The van der Waals surface area contributed by atoms with Gasteiger partial charge in [0.2, 0.25) is 0 Å². The van der Waals surface area contributed by atoms with Gasteiger partial charge in [-0.15, -0.1) is 11.3 Å². The van der Waals surface area contributed by atoms with Gasteiger partial charge in [-0.25, -0.2) is 4.98 Å². The monoisotopic (exact) mass is 325 g/mol. The Morgan fingerprint density at radius 1 is 1.09 bits per heavy atom. The summed E-state index contributed by atoms with van der Waals surface area (Å²) >= 11 is 1.64. The zero-order valence-electron chi connectivity index (χ0n) is 13.4. The molecule has 4 heteroatoms. The zero-order chi connectivity index (χ0) is 16.4. The van der Waals surface area contributed by atoms with E-state index in [-0.39, 0.29) is 11.2 Å². The summed E-state index contributed by atoms with van der Waals surface area (Å²) in [7, 11) is 1.54. The fourth-order valence-electron chi connectivity index (χ4n) is 2.52. The van der Waals surface area contributed by atoms with Crippen LogP contribution in [0.25, 0.3) is 11.3 Å². The second-order valence-corrected chi connectivity index (χ2v) is 6.77. The third kappa shape index (κ3) is 2.94. The molecule has 0 amide bonds. The minimum Gasteiger partial charge on any atom is -0.504 e. The van der Waals surface area contributed by atoms with Crippen LogP contribution in [0.5, 0.6) is 11.5 Å². The molecule has 2 aromatic carbocycles. The Morgan fingerprint density at radius 2 is 1.83 bits per heavy atom. The van der Waals surface area contributed by atoms with Gasteiger partial charge in [-0.3, -0.25) is 0 Å². The van der Waals surface area contributed by atoms with E-state index >= 15 is 0 Å². The van der Waals surface area contributed by atoms with Crippen LogP contribution >= 0.6 is 11.3 Å². The van der Waals surface area contributed by atoms with Gasteiger partial charge < -0.3 is 9.84 Å². The molecule has 0 aliphatic rings. The van der Waals surface area contributed by atoms with E-state index in [1.54, 1.807) is 23.5 Å². The van der Waals surface area contributed by atoms with Crippen LogP contribution in [0.4, 0.5) is 0 Å². The standard InChI is InChI=1S/C19H19NO2S/c1-19(2,14-7-5-4-6-8-14)18-20-15(12-23-18)13-9-10-17(22-3)16(21)11-13/h4-12,21H,1-3H3. The number of benzene rings is 2. The van der Waals surface area contributed by atoms with Gasteiger partial charge in [-0.2, -0.15) is 0 Å². The molecule has 23 heavy (non-hydrogen) atoms. The molecular formula is C19H19NO2S. The predicted octanol–water partition coefficient (Wildman–Crippen LogP) is 4.85. The van der Waals surface area contributed by atoms with Crippen molar-refractivity contribution in [3.63, 3.8) is 0 Å². The molecule has 3 nitrogen and oxygen atoms in total. The van der Waals surface area contributed by atoms with Gasteiger partial charge in [-0.1, -0.05) is 30.3 Å². The quantitative estimate of drug-likeness (QED) is 0.745. The van der Waals surface area contributed by atoms with Crippen molar-refractivity contribution < 1.29 is 9.84 Å². The van der Waals surface area contributed by atoms with E-state index in [9.17, 15) is 5.11 Å².